The van der Waals surface area contributed by atoms with Crippen molar-refractivity contribution in [2.45, 2.75) is 38.8 Å². The van der Waals surface area contributed by atoms with Gasteiger partial charge in [0.25, 0.3) is 0 Å². The van der Waals surface area contributed by atoms with Gasteiger partial charge >= 0.3 is 11.9 Å². The minimum absolute atomic E-state index is 0.0774. The largest absolute Gasteiger partial charge is 0.465 e. The molecule has 23 heavy (non-hydrogen) atoms. The molecule has 0 radical (unpaired) electrons. The van der Waals surface area contributed by atoms with E-state index in [1.54, 1.807) is 11.0 Å². The fourth-order valence-electron chi connectivity index (χ4n) is 3.89. The Hall–Kier alpha value is -2.38. The monoisotopic (exact) mass is 320 g/mol. The molecule has 8 heteroatoms. The number of nitrogens with zero attached hydrogens (tertiary/aromatic N) is 4. The molecule has 0 aliphatic carbocycles. The fourth-order valence-corrected chi connectivity index (χ4v) is 3.89. The Morgan fingerprint density at radius 2 is 2.17 bits per heavy atom. The molecule has 1 amide bonds. The van der Waals surface area contributed by atoms with Gasteiger partial charge in [-0.25, -0.2) is 4.79 Å². The van der Waals surface area contributed by atoms with Gasteiger partial charge in [0.1, 0.15) is 0 Å². The van der Waals surface area contributed by atoms with Crippen molar-refractivity contribution < 1.29 is 14.8 Å². The zero-order valence-electron chi connectivity index (χ0n) is 13.4. The van der Waals surface area contributed by atoms with Crippen LogP contribution in [0.2, 0.25) is 0 Å². The van der Waals surface area contributed by atoms with Crippen LogP contribution in [-0.4, -0.2) is 50.7 Å². The highest BCUT2D eigenvalue weighted by molar-refractivity contribution is 5.69. The van der Waals surface area contributed by atoms with E-state index in [1.807, 2.05) is 0 Å². The minimum Gasteiger partial charge on any atom is -0.465 e. The summed E-state index contributed by atoms with van der Waals surface area (Å²) in [5.41, 5.74) is 0.144. The molecule has 2 aliphatic heterocycles. The molecule has 3 heterocycles. The number of likely N-dealkylation sites (tertiary alicyclic amines) is 1. The van der Waals surface area contributed by atoms with E-state index in [-0.39, 0.29) is 17.3 Å². The van der Waals surface area contributed by atoms with Crippen LogP contribution in [0.25, 0.3) is 0 Å². The molecule has 8 nitrogen and oxygen atoms in total. The van der Waals surface area contributed by atoms with E-state index in [4.69, 9.17) is 0 Å². The first-order chi connectivity index (χ1) is 10.7. The maximum Gasteiger partial charge on any atom is 0.407 e. The Kier molecular flexibility index (Phi) is 3.24. The van der Waals surface area contributed by atoms with Crippen LogP contribution in [0.5, 0.6) is 0 Å². The molecular weight excluding hydrogens is 300 g/mol. The highest BCUT2D eigenvalue weighted by Crippen LogP contribution is 2.51. The lowest BCUT2D eigenvalue weighted by Crippen LogP contribution is -2.61. The molecule has 1 aromatic heterocycles. The van der Waals surface area contributed by atoms with E-state index in [0.717, 1.165) is 12.1 Å². The van der Waals surface area contributed by atoms with E-state index in [0.29, 0.717) is 13.1 Å². The number of carboxylic acid groups (broad SMARTS) is 1. The molecule has 0 saturated carbocycles. The summed E-state index contributed by atoms with van der Waals surface area (Å²) < 4.78 is 0. The molecule has 1 aromatic rings. The van der Waals surface area contributed by atoms with Crippen molar-refractivity contribution in [3.8, 4) is 0 Å². The second-order valence-electron chi connectivity index (χ2n) is 7.29. The Morgan fingerprint density at radius 3 is 2.65 bits per heavy atom. The average molecular weight is 320 g/mol. The van der Waals surface area contributed by atoms with Crippen molar-refractivity contribution in [1.82, 2.24) is 9.88 Å². The van der Waals surface area contributed by atoms with Crippen LogP contribution in [-0.2, 0) is 0 Å². The van der Waals surface area contributed by atoms with Crippen LogP contribution in [0.1, 0.15) is 27.2 Å². The third kappa shape index (κ3) is 2.20. The summed E-state index contributed by atoms with van der Waals surface area (Å²) in [6.07, 6.45) is 1.38. The van der Waals surface area contributed by atoms with E-state index >= 15 is 0 Å². The summed E-state index contributed by atoms with van der Waals surface area (Å²) in [7, 11) is 0. The van der Waals surface area contributed by atoms with Gasteiger partial charge in [-0.2, -0.15) is 0 Å². The number of piperazine rings is 1. The smallest absolute Gasteiger partial charge is 0.407 e. The van der Waals surface area contributed by atoms with E-state index in [2.05, 4.69) is 30.7 Å². The van der Waals surface area contributed by atoms with Crippen molar-refractivity contribution in [2.75, 3.05) is 18.0 Å². The summed E-state index contributed by atoms with van der Waals surface area (Å²) in [4.78, 5) is 29.4. The highest BCUT2D eigenvalue weighted by Gasteiger charge is 2.61. The third-order valence-corrected chi connectivity index (χ3v) is 5.23. The Balaban J connectivity index is 1.92. The van der Waals surface area contributed by atoms with Crippen LogP contribution in [0.15, 0.2) is 18.3 Å². The molecule has 2 saturated heterocycles. The number of carbonyl (C=O) groups is 1. The second kappa shape index (κ2) is 4.81. The maximum absolute atomic E-state index is 11.6. The number of anilines is 1. The van der Waals surface area contributed by atoms with Crippen molar-refractivity contribution in [3.05, 3.63) is 28.4 Å². The molecule has 1 unspecified atom stereocenters. The summed E-state index contributed by atoms with van der Waals surface area (Å²) in [5, 5.41) is 20.3. The molecule has 2 fully saturated rings. The predicted molar refractivity (Wildman–Crippen MR) is 83.6 cm³/mol. The van der Waals surface area contributed by atoms with Crippen molar-refractivity contribution in [1.29, 1.82) is 0 Å². The average Bonchev–Trinajstić information content (AvgIpc) is 3.04. The van der Waals surface area contributed by atoms with E-state index in [9.17, 15) is 20.0 Å². The van der Waals surface area contributed by atoms with Gasteiger partial charge < -0.3 is 20.1 Å². The first kappa shape index (κ1) is 15.5. The molecule has 3 rings (SSSR count). The van der Waals surface area contributed by atoms with Gasteiger partial charge in [-0.3, -0.25) is 4.90 Å². The lowest BCUT2D eigenvalue weighted by atomic mass is 9.73. The normalized spacial score (nSPS) is 26.7. The highest BCUT2D eigenvalue weighted by atomic mass is 16.6. The lowest BCUT2D eigenvalue weighted by molar-refractivity contribution is -0.389. The summed E-state index contributed by atoms with van der Waals surface area (Å²) >= 11 is 0. The van der Waals surface area contributed by atoms with Crippen molar-refractivity contribution in [2.24, 2.45) is 5.41 Å². The number of aromatic nitrogens is 1. The third-order valence-electron chi connectivity index (χ3n) is 5.23. The molecule has 0 spiro atoms. The van der Waals surface area contributed by atoms with Crippen LogP contribution in [0, 0.1) is 15.5 Å². The molecule has 0 aromatic carbocycles. The number of rotatable bonds is 2. The van der Waals surface area contributed by atoms with Crippen molar-refractivity contribution >= 4 is 17.6 Å². The zero-order valence-corrected chi connectivity index (χ0v) is 13.4. The number of fused-ring (bicyclic) bond motifs is 2. The van der Waals surface area contributed by atoms with Gasteiger partial charge in [0.2, 0.25) is 0 Å². The van der Waals surface area contributed by atoms with Gasteiger partial charge in [0.05, 0.1) is 11.2 Å². The van der Waals surface area contributed by atoms with Crippen molar-refractivity contribution in [3.63, 3.8) is 0 Å². The van der Waals surface area contributed by atoms with E-state index < -0.39 is 16.6 Å². The van der Waals surface area contributed by atoms with Crippen LogP contribution >= 0.6 is 0 Å². The molecule has 2 atom stereocenters. The summed E-state index contributed by atoms with van der Waals surface area (Å²) in [5.74, 6) is -0.184. The molecule has 124 valence electrons. The first-order valence-corrected chi connectivity index (χ1v) is 7.53. The molecular formula is C15H20N4O4. The topological polar surface area (TPSA) is 99.8 Å². The standard InChI is InChI=1S/C15H20N4O4/c1-14(2,3)15-6-11(8-18(15)13(20)21)17(9-15)10-4-5-12(16-7-10)19(22)23/h4-5,7,11H,6,8-9H2,1-3H3,(H,20,21)/t11-,15?/m1/s1. The number of hydrogen-bond acceptors (Lipinski definition) is 5. The number of nitro groups is 1. The number of hydrogen-bond donors (Lipinski definition) is 1. The Labute approximate surface area is 133 Å². The van der Waals surface area contributed by atoms with Crippen LogP contribution in [0.4, 0.5) is 16.3 Å². The summed E-state index contributed by atoms with van der Waals surface area (Å²) in [6.45, 7) is 7.20. The van der Waals surface area contributed by atoms with Gasteiger partial charge in [-0.05, 0) is 27.8 Å². The summed E-state index contributed by atoms with van der Waals surface area (Å²) in [6, 6.07) is 3.15. The van der Waals surface area contributed by atoms with Crippen LogP contribution in [0.3, 0.4) is 0 Å². The Morgan fingerprint density at radius 1 is 1.48 bits per heavy atom. The first-order valence-electron chi connectivity index (χ1n) is 7.53. The Bertz CT molecular complexity index is 654. The molecule has 1 N–H and O–H groups in total. The number of amides is 1. The van der Waals surface area contributed by atoms with Gasteiger partial charge in [-0.1, -0.05) is 20.8 Å². The quantitative estimate of drug-likeness (QED) is 0.663. The molecule has 2 aliphatic rings. The lowest BCUT2D eigenvalue weighted by Gasteiger charge is -2.48. The molecule has 2 bridgehead atoms. The maximum atomic E-state index is 11.6. The van der Waals surface area contributed by atoms with Gasteiger partial charge in [0, 0.05) is 25.2 Å². The second-order valence-corrected chi connectivity index (χ2v) is 7.29. The van der Waals surface area contributed by atoms with Gasteiger partial charge in [-0.15, -0.1) is 0 Å². The predicted octanol–water partition coefficient (Wildman–Crippen LogP) is 2.35. The van der Waals surface area contributed by atoms with Gasteiger partial charge in [0.15, 0.2) is 6.20 Å². The number of pyridine rings is 1. The minimum atomic E-state index is -0.885. The van der Waals surface area contributed by atoms with Crippen LogP contribution < -0.4 is 4.90 Å². The fraction of sp³-hybridized carbons (Fsp3) is 0.600. The van der Waals surface area contributed by atoms with E-state index in [1.165, 1.54) is 12.3 Å². The SMILES string of the molecule is CC(C)(C)C12C[C@H](CN1C(=O)O)N(c1ccc([N+](=O)[O-])nc1)C2. The zero-order chi connectivity index (χ0) is 17.0.